The minimum atomic E-state index is -3.65. The topological polar surface area (TPSA) is 76.1 Å². The average Bonchev–Trinajstić information content (AvgIpc) is 2.78. The van der Waals surface area contributed by atoms with Crippen molar-refractivity contribution in [1.29, 1.82) is 0 Å². The quantitative estimate of drug-likeness (QED) is 0.621. The minimum Gasteiger partial charge on any atom is -0.486 e. The van der Waals surface area contributed by atoms with Crippen LogP contribution in [0, 0.1) is 6.92 Å². The molecule has 0 fully saturated rings. The molecule has 1 heterocycles. The fraction of sp³-hybridized carbons (Fsp3) is 0.435. The molecule has 0 aromatic heterocycles. The molecular formula is C23H30N2O5S. The van der Waals surface area contributed by atoms with Gasteiger partial charge in [0, 0.05) is 37.3 Å². The van der Waals surface area contributed by atoms with E-state index in [2.05, 4.69) is 0 Å². The number of hydrogen-bond acceptors (Lipinski definition) is 5. The molecule has 0 atom stereocenters. The van der Waals surface area contributed by atoms with Gasteiger partial charge in [0.15, 0.2) is 11.5 Å². The fourth-order valence-corrected chi connectivity index (χ4v) is 5.15. The van der Waals surface area contributed by atoms with E-state index in [0.717, 1.165) is 11.1 Å². The number of aryl methyl sites for hydroxylation is 1. The Morgan fingerprint density at radius 2 is 1.71 bits per heavy atom. The summed E-state index contributed by atoms with van der Waals surface area (Å²) in [6.07, 6.45) is 0. The van der Waals surface area contributed by atoms with Crippen LogP contribution in [0.2, 0.25) is 0 Å². The van der Waals surface area contributed by atoms with Crippen LogP contribution in [-0.4, -0.2) is 56.4 Å². The Labute approximate surface area is 184 Å². The normalized spacial score (nSPS) is 13.3. The molecule has 8 heteroatoms. The van der Waals surface area contributed by atoms with E-state index in [1.54, 1.807) is 30.9 Å². The average molecular weight is 447 g/mol. The molecule has 0 aliphatic carbocycles. The van der Waals surface area contributed by atoms with Gasteiger partial charge in [-0.05, 0) is 37.6 Å². The van der Waals surface area contributed by atoms with Crippen LogP contribution in [0.1, 0.15) is 42.3 Å². The van der Waals surface area contributed by atoms with Crippen LogP contribution in [0.25, 0.3) is 0 Å². The molecule has 0 bridgehead atoms. The molecule has 0 saturated carbocycles. The molecule has 0 saturated heterocycles. The standard InChI is InChI=1S/C23H30N2O5S/c1-5-24(16-18-9-8-10-21-22(18)30-14-13-29-21)23(26)20-15-19(12-11-17(20)4)31(27,28)25(6-2)7-3/h8-12,15H,5-7,13-14,16H2,1-4H3. The van der Waals surface area contributed by atoms with Gasteiger partial charge in [0.05, 0.1) is 4.90 Å². The maximum Gasteiger partial charge on any atom is 0.254 e. The summed E-state index contributed by atoms with van der Waals surface area (Å²) in [4.78, 5) is 15.2. The molecule has 3 rings (SSSR count). The number of sulfonamides is 1. The van der Waals surface area contributed by atoms with E-state index < -0.39 is 10.0 Å². The Kier molecular flexibility index (Phi) is 7.23. The van der Waals surface area contributed by atoms with Gasteiger partial charge in [-0.3, -0.25) is 4.79 Å². The first-order valence-electron chi connectivity index (χ1n) is 10.6. The summed E-state index contributed by atoms with van der Waals surface area (Å²) in [6.45, 7) is 9.83. The number of hydrogen-bond donors (Lipinski definition) is 0. The van der Waals surface area contributed by atoms with E-state index in [0.29, 0.717) is 56.5 Å². The van der Waals surface area contributed by atoms with Crippen LogP contribution in [0.3, 0.4) is 0 Å². The van der Waals surface area contributed by atoms with E-state index in [1.165, 1.54) is 10.4 Å². The molecule has 1 amide bonds. The van der Waals surface area contributed by atoms with Crippen molar-refractivity contribution in [3.05, 3.63) is 53.1 Å². The van der Waals surface area contributed by atoms with Gasteiger partial charge in [-0.1, -0.05) is 32.0 Å². The van der Waals surface area contributed by atoms with E-state index in [-0.39, 0.29) is 10.8 Å². The molecule has 2 aromatic carbocycles. The van der Waals surface area contributed by atoms with Crippen LogP contribution in [0.15, 0.2) is 41.3 Å². The second-order valence-corrected chi connectivity index (χ2v) is 9.26. The first kappa shape index (κ1) is 23.1. The number of amides is 1. The lowest BCUT2D eigenvalue weighted by Crippen LogP contribution is -2.33. The summed E-state index contributed by atoms with van der Waals surface area (Å²) in [6, 6.07) is 10.4. The number of fused-ring (bicyclic) bond motifs is 1. The highest BCUT2D eigenvalue weighted by Gasteiger charge is 2.26. The summed E-state index contributed by atoms with van der Waals surface area (Å²) < 4.78 is 38.7. The van der Waals surface area contributed by atoms with Gasteiger partial charge in [-0.15, -0.1) is 0 Å². The zero-order valence-corrected chi connectivity index (χ0v) is 19.4. The molecule has 7 nitrogen and oxygen atoms in total. The Balaban J connectivity index is 1.93. The Morgan fingerprint density at radius 3 is 2.39 bits per heavy atom. The first-order valence-corrected chi connectivity index (χ1v) is 12.0. The van der Waals surface area contributed by atoms with Crippen LogP contribution < -0.4 is 9.47 Å². The highest BCUT2D eigenvalue weighted by atomic mass is 32.2. The predicted molar refractivity (Wildman–Crippen MR) is 119 cm³/mol. The molecule has 1 aliphatic rings. The molecule has 0 N–H and O–H groups in total. The number of para-hydroxylation sites is 1. The van der Waals surface area contributed by atoms with Crippen molar-refractivity contribution < 1.29 is 22.7 Å². The zero-order valence-electron chi connectivity index (χ0n) is 18.6. The molecule has 31 heavy (non-hydrogen) atoms. The maximum atomic E-state index is 13.4. The highest BCUT2D eigenvalue weighted by molar-refractivity contribution is 7.89. The zero-order chi connectivity index (χ0) is 22.6. The van der Waals surface area contributed by atoms with Gasteiger partial charge in [0.25, 0.3) is 5.91 Å². The van der Waals surface area contributed by atoms with E-state index in [9.17, 15) is 13.2 Å². The lowest BCUT2D eigenvalue weighted by Gasteiger charge is -2.26. The Bertz CT molecular complexity index is 1050. The summed E-state index contributed by atoms with van der Waals surface area (Å²) in [7, 11) is -3.65. The van der Waals surface area contributed by atoms with Gasteiger partial charge in [-0.2, -0.15) is 4.31 Å². The van der Waals surface area contributed by atoms with Gasteiger partial charge >= 0.3 is 0 Å². The minimum absolute atomic E-state index is 0.134. The number of nitrogens with zero attached hydrogens (tertiary/aromatic N) is 2. The number of ether oxygens (including phenoxy) is 2. The summed E-state index contributed by atoms with van der Waals surface area (Å²) in [5.74, 6) is 1.12. The van der Waals surface area contributed by atoms with Gasteiger partial charge < -0.3 is 14.4 Å². The third-order valence-corrected chi connectivity index (χ3v) is 7.51. The van der Waals surface area contributed by atoms with Crippen molar-refractivity contribution in [3.63, 3.8) is 0 Å². The molecule has 1 aliphatic heterocycles. The third kappa shape index (κ3) is 4.70. The lowest BCUT2D eigenvalue weighted by molar-refractivity contribution is 0.0748. The van der Waals surface area contributed by atoms with E-state index in [1.807, 2.05) is 32.0 Å². The molecule has 2 aromatic rings. The summed E-state index contributed by atoms with van der Waals surface area (Å²) in [5.41, 5.74) is 1.98. The van der Waals surface area contributed by atoms with Crippen molar-refractivity contribution in [2.45, 2.75) is 39.1 Å². The number of carbonyl (C=O) groups is 1. The SMILES string of the molecule is CCN(Cc1cccc2c1OCCO2)C(=O)c1cc(S(=O)(=O)N(CC)CC)ccc1C. The smallest absolute Gasteiger partial charge is 0.254 e. The fourth-order valence-electron chi connectivity index (χ4n) is 3.67. The predicted octanol–water partition coefficient (Wildman–Crippen LogP) is 3.46. The largest absolute Gasteiger partial charge is 0.486 e. The van der Waals surface area contributed by atoms with Crippen LogP contribution in [0.5, 0.6) is 11.5 Å². The monoisotopic (exact) mass is 446 g/mol. The lowest BCUT2D eigenvalue weighted by atomic mass is 10.1. The van der Waals surface area contributed by atoms with Gasteiger partial charge in [0.2, 0.25) is 10.0 Å². The van der Waals surface area contributed by atoms with Crippen LogP contribution in [-0.2, 0) is 16.6 Å². The maximum absolute atomic E-state index is 13.4. The Morgan fingerprint density at radius 1 is 1.00 bits per heavy atom. The number of rotatable bonds is 8. The van der Waals surface area contributed by atoms with Gasteiger partial charge in [-0.25, -0.2) is 8.42 Å². The summed E-state index contributed by atoms with van der Waals surface area (Å²) >= 11 is 0. The summed E-state index contributed by atoms with van der Waals surface area (Å²) in [5, 5.41) is 0. The van der Waals surface area contributed by atoms with E-state index >= 15 is 0 Å². The Hall–Kier alpha value is -2.58. The molecular weight excluding hydrogens is 416 g/mol. The number of benzene rings is 2. The van der Waals surface area contributed by atoms with Crippen molar-refractivity contribution in [2.24, 2.45) is 0 Å². The molecule has 0 unspecified atom stereocenters. The number of carbonyl (C=O) groups excluding carboxylic acids is 1. The third-order valence-electron chi connectivity index (χ3n) is 5.46. The van der Waals surface area contributed by atoms with Crippen molar-refractivity contribution in [3.8, 4) is 11.5 Å². The van der Waals surface area contributed by atoms with Crippen molar-refractivity contribution >= 4 is 15.9 Å². The van der Waals surface area contributed by atoms with Gasteiger partial charge in [0.1, 0.15) is 13.2 Å². The second kappa shape index (κ2) is 9.70. The van der Waals surface area contributed by atoms with Crippen molar-refractivity contribution in [1.82, 2.24) is 9.21 Å². The van der Waals surface area contributed by atoms with Crippen LogP contribution in [0.4, 0.5) is 0 Å². The molecule has 168 valence electrons. The second-order valence-electron chi connectivity index (χ2n) is 7.33. The molecule has 0 radical (unpaired) electrons. The van der Waals surface area contributed by atoms with Crippen molar-refractivity contribution in [2.75, 3.05) is 32.8 Å². The van der Waals surface area contributed by atoms with E-state index in [4.69, 9.17) is 9.47 Å². The van der Waals surface area contributed by atoms with Crippen LogP contribution >= 0.6 is 0 Å². The highest BCUT2D eigenvalue weighted by Crippen LogP contribution is 2.34. The first-order chi connectivity index (χ1) is 14.8. The molecule has 0 spiro atoms.